The van der Waals surface area contributed by atoms with E-state index in [1.54, 1.807) is 0 Å². The summed E-state index contributed by atoms with van der Waals surface area (Å²) in [6, 6.07) is 6.16. The zero-order valence-electron chi connectivity index (χ0n) is 9.76. The highest BCUT2D eigenvalue weighted by atomic mass is 79.9. The van der Waals surface area contributed by atoms with Crippen LogP contribution in [-0.2, 0) is 0 Å². The first-order valence-electron chi connectivity index (χ1n) is 5.86. The van der Waals surface area contributed by atoms with Crippen LogP contribution < -0.4 is 0 Å². The molecule has 0 aliphatic heterocycles. The van der Waals surface area contributed by atoms with Crippen molar-refractivity contribution in [1.82, 2.24) is 9.97 Å². The van der Waals surface area contributed by atoms with Crippen molar-refractivity contribution >= 4 is 27.0 Å². The van der Waals surface area contributed by atoms with Gasteiger partial charge in [0.15, 0.2) is 0 Å². The molecule has 0 amide bonds. The number of unbranched alkanes of at least 4 members (excludes halogenated alkanes) is 1. The van der Waals surface area contributed by atoms with E-state index in [0.29, 0.717) is 5.92 Å². The second-order valence-electron chi connectivity index (χ2n) is 4.33. The van der Waals surface area contributed by atoms with E-state index < -0.39 is 0 Å². The number of hydrogen-bond acceptors (Lipinski definition) is 1. The summed E-state index contributed by atoms with van der Waals surface area (Å²) >= 11 is 3.47. The Morgan fingerprint density at radius 2 is 2.25 bits per heavy atom. The van der Waals surface area contributed by atoms with Crippen LogP contribution in [0.1, 0.15) is 44.9 Å². The number of nitrogens with one attached hydrogen (secondary N) is 1. The van der Waals surface area contributed by atoms with Gasteiger partial charge in [-0.2, -0.15) is 0 Å². The van der Waals surface area contributed by atoms with Gasteiger partial charge in [-0.3, -0.25) is 0 Å². The molecule has 1 atom stereocenters. The number of imidazole rings is 1. The standard InChI is InChI=1S/C13H17BrN2/c1-3-4-5-9(2)13-15-11-7-6-10(14)8-12(11)16-13/h6-9H,3-5H2,1-2H3,(H,15,16)/t9-/m0/s1. The Balaban J connectivity index is 2.25. The van der Waals surface area contributed by atoms with E-state index in [9.17, 15) is 0 Å². The predicted octanol–water partition coefficient (Wildman–Crippen LogP) is 4.62. The Morgan fingerprint density at radius 1 is 1.44 bits per heavy atom. The summed E-state index contributed by atoms with van der Waals surface area (Å²) in [5.41, 5.74) is 2.18. The van der Waals surface area contributed by atoms with E-state index in [1.807, 2.05) is 12.1 Å². The van der Waals surface area contributed by atoms with Crippen LogP contribution in [0.3, 0.4) is 0 Å². The summed E-state index contributed by atoms with van der Waals surface area (Å²) in [6.07, 6.45) is 3.72. The van der Waals surface area contributed by atoms with Crippen molar-refractivity contribution in [2.75, 3.05) is 0 Å². The van der Waals surface area contributed by atoms with Crippen molar-refractivity contribution in [3.05, 3.63) is 28.5 Å². The molecule has 2 aromatic rings. The molecule has 0 fully saturated rings. The van der Waals surface area contributed by atoms with E-state index in [2.05, 4.69) is 45.8 Å². The molecule has 3 heteroatoms. The molecule has 0 saturated carbocycles. The lowest BCUT2D eigenvalue weighted by Gasteiger charge is -2.06. The van der Waals surface area contributed by atoms with Gasteiger partial charge in [0.1, 0.15) is 5.82 Å². The lowest BCUT2D eigenvalue weighted by Crippen LogP contribution is -1.95. The quantitative estimate of drug-likeness (QED) is 0.870. The highest BCUT2D eigenvalue weighted by Crippen LogP contribution is 2.23. The van der Waals surface area contributed by atoms with Gasteiger partial charge in [0, 0.05) is 10.4 Å². The van der Waals surface area contributed by atoms with Crippen molar-refractivity contribution in [2.24, 2.45) is 0 Å². The number of hydrogen-bond donors (Lipinski definition) is 1. The molecule has 0 aliphatic carbocycles. The van der Waals surface area contributed by atoms with Crippen LogP contribution in [0.2, 0.25) is 0 Å². The summed E-state index contributed by atoms with van der Waals surface area (Å²) in [7, 11) is 0. The fourth-order valence-corrected chi connectivity index (χ4v) is 2.24. The number of fused-ring (bicyclic) bond motifs is 1. The molecule has 1 N–H and O–H groups in total. The average molecular weight is 281 g/mol. The number of aromatic amines is 1. The van der Waals surface area contributed by atoms with Crippen LogP contribution in [0.5, 0.6) is 0 Å². The monoisotopic (exact) mass is 280 g/mol. The van der Waals surface area contributed by atoms with Gasteiger partial charge in [-0.05, 0) is 24.6 Å². The second kappa shape index (κ2) is 5.00. The predicted molar refractivity (Wildman–Crippen MR) is 71.7 cm³/mol. The van der Waals surface area contributed by atoms with E-state index >= 15 is 0 Å². The first-order valence-corrected chi connectivity index (χ1v) is 6.65. The molecule has 1 heterocycles. The largest absolute Gasteiger partial charge is 0.342 e. The van der Waals surface area contributed by atoms with Gasteiger partial charge in [0.05, 0.1) is 11.0 Å². The Hall–Kier alpha value is -0.830. The van der Waals surface area contributed by atoms with Crippen LogP contribution >= 0.6 is 15.9 Å². The Labute approximate surface area is 105 Å². The fraction of sp³-hybridized carbons (Fsp3) is 0.462. The summed E-state index contributed by atoms with van der Waals surface area (Å²) in [4.78, 5) is 8.03. The normalized spacial score (nSPS) is 13.2. The molecule has 0 aliphatic rings. The lowest BCUT2D eigenvalue weighted by atomic mass is 10.0. The molecule has 2 rings (SSSR count). The van der Waals surface area contributed by atoms with Crippen LogP contribution in [0.4, 0.5) is 0 Å². The number of halogens is 1. The molecule has 1 aromatic carbocycles. The minimum absolute atomic E-state index is 0.520. The smallest absolute Gasteiger partial charge is 0.110 e. The maximum atomic E-state index is 4.63. The summed E-state index contributed by atoms with van der Waals surface area (Å²) in [5.74, 6) is 1.63. The number of benzene rings is 1. The molecule has 2 nitrogen and oxygen atoms in total. The third kappa shape index (κ3) is 2.46. The van der Waals surface area contributed by atoms with Gasteiger partial charge in [-0.15, -0.1) is 0 Å². The molecule has 0 radical (unpaired) electrons. The minimum Gasteiger partial charge on any atom is -0.342 e. The zero-order valence-corrected chi connectivity index (χ0v) is 11.3. The van der Waals surface area contributed by atoms with Crippen LogP contribution in [-0.4, -0.2) is 9.97 Å². The summed E-state index contributed by atoms with van der Waals surface area (Å²) in [6.45, 7) is 4.46. The third-order valence-corrected chi connectivity index (χ3v) is 3.41. The van der Waals surface area contributed by atoms with E-state index in [1.165, 1.54) is 19.3 Å². The van der Waals surface area contributed by atoms with Gasteiger partial charge >= 0.3 is 0 Å². The van der Waals surface area contributed by atoms with Crippen molar-refractivity contribution < 1.29 is 0 Å². The third-order valence-electron chi connectivity index (χ3n) is 2.92. The molecule has 0 saturated heterocycles. The number of nitrogens with zero attached hydrogens (tertiary/aromatic N) is 1. The summed E-state index contributed by atoms with van der Waals surface area (Å²) in [5, 5.41) is 0. The second-order valence-corrected chi connectivity index (χ2v) is 5.24. The molecule has 86 valence electrons. The highest BCUT2D eigenvalue weighted by molar-refractivity contribution is 9.10. The molecule has 0 bridgehead atoms. The van der Waals surface area contributed by atoms with Gasteiger partial charge in [-0.25, -0.2) is 4.98 Å². The summed E-state index contributed by atoms with van der Waals surface area (Å²) < 4.78 is 1.09. The molecule has 16 heavy (non-hydrogen) atoms. The van der Waals surface area contributed by atoms with Gasteiger partial charge in [0.2, 0.25) is 0 Å². The maximum absolute atomic E-state index is 4.63. The number of H-pyrrole nitrogens is 1. The Morgan fingerprint density at radius 3 is 3.00 bits per heavy atom. The number of rotatable bonds is 4. The van der Waals surface area contributed by atoms with Crippen molar-refractivity contribution in [3.63, 3.8) is 0 Å². The maximum Gasteiger partial charge on any atom is 0.110 e. The van der Waals surface area contributed by atoms with Crippen LogP contribution in [0, 0.1) is 0 Å². The Bertz CT molecular complexity index is 476. The van der Waals surface area contributed by atoms with Gasteiger partial charge < -0.3 is 4.98 Å². The van der Waals surface area contributed by atoms with Crippen LogP contribution in [0.25, 0.3) is 11.0 Å². The SMILES string of the molecule is CCCC[C@H](C)c1nc2ccc(Br)cc2[nH]1. The van der Waals surface area contributed by atoms with E-state index in [0.717, 1.165) is 21.3 Å². The van der Waals surface area contributed by atoms with E-state index in [4.69, 9.17) is 0 Å². The molecule has 0 spiro atoms. The first kappa shape index (κ1) is 11.6. The Kier molecular flexibility index (Phi) is 3.64. The van der Waals surface area contributed by atoms with E-state index in [-0.39, 0.29) is 0 Å². The minimum atomic E-state index is 0.520. The van der Waals surface area contributed by atoms with Crippen molar-refractivity contribution in [1.29, 1.82) is 0 Å². The van der Waals surface area contributed by atoms with Crippen molar-refractivity contribution in [3.8, 4) is 0 Å². The number of aromatic nitrogens is 2. The molecule has 0 unspecified atom stereocenters. The van der Waals surface area contributed by atoms with Crippen LogP contribution in [0.15, 0.2) is 22.7 Å². The lowest BCUT2D eigenvalue weighted by molar-refractivity contribution is 0.602. The van der Waals surface area contributed by atoms with Crippen molar-refractivity contribution in [2.45, 2.75) is 39.0 Å². The average Bonchev–Trinajstić information content (AvgIpc) is 2.68. The molecular formula is C13H17BrN2. The van der Waals surface area contributed by atoms with Gasteiger partial charge in [-0.1, -0.05) is 42.6 Å². The fourth-order valence-electron chi connectivity index (χ4n) is 1.88. The molecule has 1 aromatic heterocycles. The molecular weight excluding hydrogens is 264 g/mol. The highest BCUT2D eigenvalue weighted by Gasteiger charge is 2.10. The first-order chi connectivity index (χ1) is 7.70. The zero-order chi connectivity index (χ0) is 11.5. The van der Waals surface area contributed by atoms with Gasteiger partial charge in [0.25, 0.3) is 0 Å². The topological polar surface area (TPSA) is 28.7 Å².